The van der Waals surface area contributed by atoms with Crippen molar-refractivity contribution in [2.45, 2.75) is 6.92 Å². The normalized spacial score (nSPS) is 11.3. The molecular weight excluding hydrogens is 240 g/mol. The standard InChI is InChI=1S/C16H14O3/c1-11-6-2-3-7-12(11)15(18)10-16(19)13-8-4-5-9-14(13)17/h2-10,17,19H,1H3/b16-10-. The fourth-order valence-corrected chi connectivity index (χ4v) is 1.82. The highest BCUT2D eigenvalue weighted by atomic mass is 16.3. The van der Waals surface area contributed by atoms with E-state index in [4.69, 9.17) is 0 Å². The number of para-hydroxylation sites is 1. The molecule has 0 amide bonds. The molecule has 2 N–H and O–H groups in total. The van der Waals surface area contributed by atoms with Crippen LogP contribution in [0.2, 0.25) is 0 Å². The van der Waals surface area contributed by atoms with Gasteiger partial charge in [-0.2, -0.15) is 0 Å². The van der Waals surface area contributed by atoms with E-state index in [9.17, 15) is 15.0 Å². The maximum atomic E-state index is 12.0. The third kappa shape index (κ3) is 2.83. The van der Waals surface area contributed by atoms with Crippen molar-refractivity contribution in [2.75, 3.05) is 0 Å². The van der Waals surface area contributed by atoms with E-state index in [1.165, 1.54) is 6.07 Å². The van der Waals surface area contributed by atoms with Crippen LogP contribution in [0.5, 0.6) is 5.75 Å². The van der Waals surface area contributed by atoms with Crippen molar-refractivity contribution in [1.82, 2.24) is 0 Å². The Hall–Kier alpha value is -2.55. The number of hydrogen-bond acceptors (Lipinski definition) is 3. The summed E-state index contributed by atoms with van der Waals surface area (Å²) in [5, 5.41) is 19.5. The summed E-state index contributed by atoms with van der Waals surface area (Å²) in [4.78, 5) is 12.0. The second-order valence-electron chi connectivity index (χ2n) is 4.23. The van der Waals surface area contributed by atoms with Gasteiger partial charge in [0.15, 0.2) is 5.78 Å². The molecule has 0 radical (unpaired) electrons. The number of benzene rings is 2. The fourth-order valence-electron chi connectivity index (χ4n) is 1.82. The summed E-state index contributed by atoms with van der Waals surface area (Å²) in [5.74, 6) is -0.598. The summed E-state index contributed by atoms with van der Waals surface area (Å²) in [5.41, 5.74) is 1.61. The van der Waals surface area contributed by atoms with Crippen molar-refractivity contribution in [3.63, 3.8) is 0 Å². The quantitative estimate of drug-likeness (QED) is 0.501. The number of allylic oxidation sites excluding steroid dienone is 1. The Labute approximate surface area is 111 Å². The molecule has 0 saturated heterocycles. The lowest BCUT2D eigenvalue weighted by atomic mass is 10.0. The van der Waals surface area contributed by atoms with Crippen molar-refractivity contribution in [1.29, 1.82) is 0 Å². The lowest BCUT2D eigenvalue weighted by Crippen LogP contribution is -1.99. The summed E-state index contributed by atoms with van der Waals surface area (Å²) in [6, 6.07) is 13.5. The molecule has 0 fully saturated rings. The average Bonchev–Trinajstić information content (AvgIpc) is 2.39. The summed E-state index contributed by atoms with van der Waals surface area (Å²) in [6.45, 7) is 1.83. The Morgan fingerprint density at radius 2 is 1.58 bits per heavy atom. The van der Waals surface area contributed by atoms with E-state index in [1.807, 2.05) is 19.1 Å². The number of aliphatic hydroxyl groups is 1. The maximum Gasteiger partial charge on any atom is 0.189 e. The monoisotopic (exact) mass is 254 g/mol. The van der Waals surface area contributed by atoms with Crippen LogP contribution < -0.4 is 0 Å². The van der Waals surface area contributed by atoms with Gasteiger partial charge in [0.1, 0.15) is 11.5 Å². The number of phenols is 1. The molecule has 0 aromatic heterocycles. The Kier molecular flexibility index (Phi) is 3.66. The van der Waals surface area contributed by atoms with Crippen LogP contribution in [0.25, 0.3) is 5.76 Å². The molecule has 0 saturated carbocycles. The van der Waals surface area contributed by atoms with Crippen LogP contribution in [0.4, 0.5) is 0 Å². The topological polar surface area (TPSA) is 57.5 Å². The molecule has 2 aromatic rings. The number of carbonyl (C=O) groups excluding carboxylic acids is 1. The summed E-state index contributed by atoms with van der Waals surface area (Å²) < 4.78 is 0. The van der Waals surface area contributed by atoms with Gasteiger partial charge >= 0.3 is 0 Å². The van der Waals surface area contributed by atoms with Gasteiger partial charge in [0, 0.05) is 11.6 Å². The number of ketones is 1. The number of rotatable bonds is 3. The van der Waals surface area contributed by atoms with Gasteiger partial charge in [-0.1, -0.05) is 36.4 Å². The minimum atomic E-state index is -0.293. The first-order valence-electron chi connectivity index (χ1n) is 5.88. The Morgan fingerprint density at radius 1 is 1.00 bits per heavy atom. The highest BCUT2D eigenvalue weighted by Gasteiger charge is 2.10. The van der Waals surface area contributed by atoms with Crippen LogP contribution in [-0.2, 0) is 0 Å². The molecule has 0 aliphatic heterocycles. The van der Waals surface area contributed by atoms with Crippen LogP contribution in [0.15, 0.2) is 54.6 Å². The minimum absolute atomic E-state index is 0.0613. The van der Waals surface area contributed by atoms with Gasteiger partial charge in [-0.25, -0.2) is 0 Å². The molecule has 19 heavy (non-hydrogen) atoms. The first-order valence-corrected chi connectivity index (χ1v) is 5.88. The second-order valence-corrected chi connectivity index (χ2v) is 4.23. The van der Waals surface area contributed by atoms with Crippen LogP contribution in [0.3, 0.4) is 0 Å². The van der Waals surface area contributed by atoms with Crippen molar-refractivity contribution < 1.29 is 15.0 Å². The van der Waals surface area contributed by atoms with E-state index in [0.717, 1.165) is 11.6 Å². The molecule has 0 atom stereocenters. The first kappa shape index (κ1) is 12.9. The molecule has 2 aromatic carbocycles. The highest BCUT2D eigenvalue weighted by molar-refractivity contribution is 6.08. The largest absolute Gasteiger partial charge is 0.507 e. The third-order valence-corrected chi connectivity index (χ3v) is 2.86. The molecule has 0 aliphatic carbocycles. The van der Waals surface area contributed by atoms with Gasteiger partial charge in [-0.3, -0.25) is 4.79 Å². The molecule has 3 nitrogen and oxygen atoms in total. The van der Waals surface area contributed by atoms with E-state index < -0.39 is 0 Å². The Morgan fingerprint density at radius 3 is 2.21 bits per heavy atom. The van der Waals surface area contributed by atoms with Crippen LogP contribution >= 0.6 is 0 Å². The van der Waals surface area contributed by atoms with Crippen LogP contribution in [0.1, 0.15) is 21.5 Å². The summed E-state index contributed by atoms with van der Waals surface area (Å²) in [7, 11) is 0. The van der Waals surface area contributed by atoms with E-state index in [1.54, 1.807) is 30.3 Å². The molecule has 0 unspecified atom stereocenters. The first-order chi connectivity index (χ1) is 9.09. The van der Waals surface area contributed by atoms with Gasteiger partial charge < -0.3 is 10.2 Å². The van der Waals surface area contributed by atoms with Crippen LogP contribution in [-0.4, -0.2) is 16.0 Å². The number of hydrogen-bond donors (Lipinski definition) is 2. The Bertz CT molecular complexity index is 642. The highest BCUT2D eigenvalue weighted by Crippen LogP contribution is 2.23. The average molecular weight is 254 g/mol. The van der Waals surface area contributed by atoms with Crippen molar-refractivity contribution in [3.8, 4) is 5.75 Å². The van der Waals surface area contributed by atoms with Crippen molar-refractivity contribution in [3.05, 3.63) is 71.3 Å². The molecule has 0 heterocycles. The van der Waals surface area contributed by atoms with E-state index >= 15 is 0 Å². The van der Waals surface area contributed by atoms with Crippen molar-refractivity contribution in [2.24, 2.45) is 0 Å². The number of aromatic hydroxyl groups is 1. The Balaban J connectivity index is 2.34. The van der Waals surface area contributed by atoms with Gasteiger partial charge in [-0.15, -0.1) is 0 Å². The second kappa shape index (κ2) is 5.40. The van der Waals surface area contributed by atoms with Gasteiger partial charge in [0.25, 0.3) is 0 Å². The molecule has 2 rings (SSSR count). The number of phenolic OH excluding ortho intramolecular Hbond substituents is 1. The zero-order valence-corrected chi connectivity index (χ0v) is 10.5. The minimum Gasteiger partial charge on any atom is -0.507 e. The summed E-state index contributed by atoms with van der Waals surface area (Å²) >= 11 is 0. The number of aryl methyl sites for hydroxylation is 1. The SMILES string of the molecule is Cc1ccccc1C(=O)/C=C(\O)c1ccccc1O. The van der Waals surface area contributed by atoms with E-state index in [2.05, 4.69) is 0 Å². The van der Waals surface area contributed by atoms with Gasteiger partial charge in [0.2, 0.25) is 0 Å². The third-order valence-electron chi connectivity index (χ3n) is 2.86. The predicted molar refractivity (Wildman–Crippen MR) is 74.2 cm³/mol. The van der Waals surface area contributed by atoms with Crippen LogP contribution in [0, 0.1) is 6.92 Å². The van der Waals surface area contributed by atoms with Gasteiger partial charge in [0.05, 0.1) is 5.56 Å². The predicted octanol–water partition coefficient (Wildman–Crippen LogP) is 3.48. The molecule has 3 heteroatoms. The van der Waals surface area contributed by atoms with Crippen molar-refractivity contribution >= 4 is 11.5 Å². The van der Waals surface area contributed by atoms with Gasteiger partial charge in [-0.05, 0) is 24.6 Å². The van der Waals surface area contributed by atoms with E-state index in [-0.39, 0.29) is 22.9 Å². The van der Waals surface area contributed by atoms with E-state index in [0.29, 0.717) is 5.56 Å². The molecule has 0 spiro atoms. The molecule has 96 valence electrons. The maximum absolute atomic E-state index is 12.0. The zero-order chi connectivity index (χ0) is 13.8. The number of aliphatic hydroxyl groups excluding tert-OH is 1. The molecular formula is C16H14O3. The lowest BCUT2D eigenvalue weighted by Gasteiger charge is -2.04. The molecule has 0 bridgehead atoms. The zero-order valence-electron chi connectivity index (χ0n) is 10.5. The smallest absolute Gasteiger partial charge is 0.189 e. The molecule has 0 aliphatic rings. The lowest BCUT2D eigenvalue weighted by molar-refractivity contribution is 0.104. The number of carbonyl (C=O) groups is 1. The summed E-state index contributed by atoms with van der Waals surface area (Å²) in [6.07, 6.45) is 1.12. The fraction of sp³-hybridized carbons (Fsp3) is 0.0625.